The van der Waals surface area contributed by atoms with Gasteiger partial charge < -0.3 is 0 Å². The van der Waals surface area contributed by atoms with Gasteiger partial charge in [0.25, 0.3) is 0 Å². The summed E-state index contributed by atoms with van der Waals surface area (Å²) < 4.78 is 0. The molecule has 1 aliphatic carbocycles. The Balaban J connectivity index is 2.55. The van der Waals surface area contributed by atoms with E-state index in [2.05, 4.69) is 39.8 Å². The average molecular weight is 216 g/mol. The largest absolute Gasteiger partial charge is 0.298 e. The molecule has 86 valence electrons. The predicted molar refractivity (Wildman–Crippen MR) is 66.7 cm³/mol. The van der Waals surface area contributed by atoms with Gasteiger partial charge in [-0.25, -0.2) is 0 Å². The molecule has 2 unspecified atom stereocenters. The second-order valence-electron chi connectivity index (χ2n) is 5.79. The number of ketones is 1. The summed E-state index contributed by atoms with van der Waals surface area (Å²) in [7, 11) is 0. The zero-order valence-electron chi connectivity index (χ0n) is 10.6. The Kier molecular flexibility index (Phi) is 2.65. The Morgan fingerprint density at radius 1 is 1.12 bits per heavy atom. The van der Waals surface area contributed by atoms with Crippen molar-refractivity contribution in [1.29, 1.82) is 0 Å². The molecule has 0 bridgehead atoms. The van der Waals surface area contributed by atoms with E-state index < -0.39 is 0 Å². The standard InChI is InChI=1S/C15H20O/c1-5-10-11-8-6-7-9-12(11)13(14(10)16)15(2,3)4/h6-10,13H,5H2,1-4H3. The first-order valence-electron chi connectivity index (χ1n) is 6.09. The van der Waals surface area contributed by atoms with Gasteiger partial charge in [0, 0.05) is 11.8 Å². The van der Waals surface area contributed by atoms with E-state index in [4.69, 9.17) is 0 Å². The quantitative estimate of drug-likeness (QED) is 0.696. The van der Waals surface area contributed by atoms with Gasteiger partial charge in [-0.15, -0.1) is 0 Å². The first-order chi connectivity index (χ1) is 7.46. The predicted octanol–water partition coefficient (Wildman–Crippen LogP) is 3.89. The highest BCUT2D eigenvalue weighted by molar-refractivity contribution is 5.97. The summed E-state index contributed by atoms with van der Waals surface area (Å²) in [6.07, 6.45) is 0.919. The first kappa shape index (κ1) is 11.4. The maximum atomic E-state index is 12.4. The number of carbonyl (C=O) groups is 1. The molecule has 0 fully saturated rings. The van der Waals surface area contributed by atoms with Crippen molar-refractivity contribution in [3.05, 3.63) is 35.4 Å². The van der Waals surface area contributed by atoms with E-state index in [0.717, 1.165) is 6.42 Å². The van der Waals surface area contributed by atoms with Crippen LogP contribution < -0.4 is 0 Å². The van der Waals surface area contributed by atoms with Crippen LogP contribution in [0.25, 0.3) is 0 Å². The molecule has 1 aromatic rings. The fraction of sp³-hybridized carbons (Fsp3) is 0.533. The summed E-state index contributed by atoms with van der Waals surface area (Å²) >= 11 is 0. The summed E-state index contributed by atoms with van der Waals surface area (Å²) in [6, 6.07) is 8.33. The molecule has 1 nitrogen and oxygen atoms in total. The van der Waals surface area contributed by atoms with Gasteiger partial charge in [0.15, 0.2) is 0 Å². The molecule has 2 atom stereocenters. The molecule has 1 heteroatoms. The van der Waals surface area contributed by atoms with Crippen molar-refractivity contribution in [2.45, 2.75) is 46.0 Å². The van der Waals surface area contributed by atoms with Gasteiger partial charge >= 0.3 is 0 Å². The third-order valence-corrected chi connectivity index (χ3v) is 3.58. The lowest BCUT2D eigenvalue weighted by Gasteiger charge is -2.26. The van der Waals surface area contributed by atoms with Crippen LogP contribution in [0.3, 0.4) is 0 Å². The molecule has 2 rings (SSSR count). The SMILES string of the molecule is CCC1C(=O)C(C(C)(C)C)c2ccccc21. The fourth-order valence-electron chi connectivity index (χ4n) is 2.91. The maximum absolute atomic E-state index is 12.4. The summed E-state index contributed by atoms with van der Waals surface area (Å²) in [5.74, 6) is 0.616. The third kappa shape index (κ3) is 1.59. The molecule has 0 heterocycles. The van der Waals surface area contributed by atoms with Gasteiger partial charge in [0.1, 0.15) is 5.78 Å². The van der Waals surface area contributed by atoms with Crippen LogP contribution in [-0.4, -0.2) is 5.78 Å². The van der Waals surface area contributed by atoms with Crippen LogP contribution in [0.15, 0.2) is 24.3 Å². The van der Waals surface area contributed by atoms with Crippen molar-refractivity contribution in [3.63, 3.8) is 0 Å². The summed E-state index contributed by atoms with van der Waals surface area (Å²) in [5.41, 5.74) is 2.54. The van der Waals surface area contributed by atoms with Crippen molar-refractivity contribution in [1.82, 2.24) is 0 Å². The number of hydrogen-bond donors (Lipinski definition) is 0. The lowest BCUT2D eigenvalue weighted by molar-refractivity contribution is -0.123. The number of fused-ring (bicyclic) bond motifs is 1. The zero-order chi connectivity index (χ0) is 11.9. The van der Waals surface area contributed by atoms with Crippen LogP contribution in [0.5, 0.6) is 0 Å². The lowest BCUT2D eigenvalue weighted by atomic mass is 9.76. The van der Waals surface area contributed by atoms with Crippen molar-refractivity contribution < 1.29 is 4.79 Å². The van der Waals surface area contributed by atoms with E-state index in [-0.39, 0.29) is 17.3 Å². The van der Waals surface area contributed by atoms with Crippen LogP contribution in [0.2, 0.25) is 0 Å². The third-order valence-electron chi connectivity index (χ3n) is 3.58. The summed E-state index contributed by atoms with van der Waals surface area (Å²) in [6.45, 7) is 8.57. The summed E-state index contributed by atoms with van der Waals surface area (Å²) in [4.78, 5) is 12.4. The molecule has 0 saturated heterocycles. The highest BCUT2D eigenvalue weighted by atomic mass is 16.1. The molecule has 0 saturated carbocycles. The molecule has 0 N–H and O–H groups in total. The second-order valence-corrected chi connectivity index (χ2v) is 5.79. The van der Waals surface area contributed by atoms with E-state index in [1.54, 1.807) is 0 Å². The average Bonchev–Trinajstić information content (AvgIpc) is 2.48. The Bertz CT molecular complexity index is 412. The maximum Gasteiger partial charge on any atom is 0.148 e. The Morgan fingerprint density at radius 3 is 2.19 bits per heavy atom. The van der Waals surface area contributed by atoms with Crippen molar-refractivity contribution in [2.24, 2.45) is 5.41 Å². The van der Waals surface area contributed by atoms with Crippen LogP contribution in [0.4, 0.5) is 0 Å². The van der Waals surface area contributed by atoms with Crippen molar-refractivity contribution >= 4 is 5.78 Å². The van der Waals surface area contributed by atoms with E-state index in [9.17, 15) is 4.79 Å². The van der Waals surface area contributed by atoms with E-state index in [0.29, 0.717) is 5.78 Å². The number of carbonyl (C=O) groups excluding carboxylic acids is 1. The van der Waals surface area contributed by atoms with Crippen LogP contribution >= 0.6 is 0 Å². The minimum atomic E-state index is 0.0249. The number of benzene rings is 1. The number of rotatable bonds is 1. The van der Waals surface area contributed by atoms with Gasteiger partial charge in [-0.3, -0.25) is 4.79 Å². The molecular weight excluding hydrogens is 196 g/mol. The molecule has 0 aromatic heterocycles. The van der Waals surface area contributed by atoms with Crippen LogP contribution in [0, 0.1) is 5.41 Å². The van der Waals surface area contributed by atoms with Gasteiger partial charge in [0.2, 0.25) is 0 Å². The topological polar surface area (TPSA) is 17.1 Å². The molecule has 16 heavy (non-hydrogen) atoms. The van der Waals surface area contributed by atoms with Crippen LogP contribution in [-0.2, 0) is 4.79 Å². The Hall–Kier alpha value is -1.11. The Morgan fingerprint density at radius 2 is 1.69 bits per heavy atom. The van der Waals surface area contributed by atoms with E-state index in [1.165, 1.54) is 11.1 Å². The van der Waals surface area contributed by atoms with Crippen LogP contribution in [0.1, 0.15) is 57.1 Å². The first-order valence-corrected chi connectivity index (χ1v) is 6.09. The highest BCUT2D eigenvalue weighted by Crippen LogP contribution is 2.48. The molecule has 0 aliphatic heterocycles. The smallest absolute Gasteiger partial charge is 0.148 e. The normalized spacial score (nSPS) is 24.6. The minimum absolute atomic E-state index is 0.0249. The molecule has 1 aliphatic rings. The molecule has 1 aromatic carbocycles. The van der Waals surface area contributed by atoms with Gasteiger partial charge in [0.05, 0.1) is 0 Å². The Labute approximate surface area is 97.9 Å². The monoisotopic (exact) mass is 216 g/mol. The molecule has 0 amide bonds. The van der Waals surface area contributed by atoms with Crippen molar-refractivity contribution in [2.75, 3.05) is 0 Å². The number of Topliss-reactive ketones (excluding diaryl/α,β-unsaturated/α-hetero) is 1. The van der Waals surface area contributed by atoms with Gasteiger partial charge in [-0.1, -0.05) is 52.0 Å². The van der Waals surface area contributed by atoms with Gasteiger partial charge in [-0.2, -0.15) is 0 Å². The van der Waals surface area contributed by atoms with E-state index in [1.807, 2.05) is 12.1 Å². The van der Waals surface area contributed by atoms with Crippen molar-refractivity contribution in [3.8, 4) is 0 Å². The second kappa shape index (κ2) is 3.73. The molecule has 0 spiro atoms. The highest BCUT2D eigenvalue weighted by Gasteiger charge is 2.43. The van der Waals surface area contributed by atoms with Gasteiger partial charge in [-0.05, 0) is 23.0 Å². The molecule has 0 radical (unpaired) electrons. The number of hydrogen-bond acceptors (Lipinski definition) is 1. The van der Waals surface area contributed by atoms with E-state index >= 15 is 0 Å². The summed E-state index contributed by atoms with van der Waals surface area (Å²) in [5, 5.41) is 0. The minimum Gasteiger partial charge on any atom is -0.298 e. The zero-order valence-corrected chi connectivity index (χ0v) is 10.6. The molecular formula is C15H20O. The lowest BCUT2D eigenvalue weighted by Crippen LogP contribution is -2.24. The fourth-order valence-corrected chi connectivity index (χ4v) is 2.91.